The lowest BCUT2D eigenvalue weighted by Gasteiger charge is -2.30. The van der Waals surface area contributed by atoms with Gasteiger partial charge in [-0.2, -0.15) is 0 Å². The molecule has 1 saturated heterocycles. The van der Waals surface area contributed by atoms with Gasteiger partial charge in [0.25, 0.3) is 5.91 Å². The smallest absolute Gasteiger partial charge is 0.252 e. The first-order chi connectivity index (χ1) is 12.8. The van der Waals surface area contributed by atoms with Crippen molar-refractivity contribution in [3.05, 3.63) is 42.2 Å². The number of nitrogens with zero attached hydrogens (tertiary/aromatic N) is 1. The van der Waals surface area contributed by atoms with Crippen LogP contribution < -0.4 is 5.32 Å². The first-order valence-corrected chi connectivity index (χ1v) is 9.71. The molecule has 0 radical (unpaired) electrons. The van der Waals surface area contributed by atoms with Crippen molar-refractivity contribution in [2.45, 2.75) is 63.0 Å². The minimum Gasteiger partial charge on any atom is -0.365 e. The highest BCUT2D eigenvalue weighted by Gasteiger charge is 2.44. The van der Waals surface area contributed by atoms with Crippen LogP contribution in [0.1, 0.15) is 50.7 Å². The number of rotatable bonds is 5. The number of aromatic nitrogens is 1. The van der Waals surface area contributed by atoms with Crippen LogP contribution in [0.25, 0.3) is 11.3 Å². The summed E-state index contributed by atoms with van der Waals surface area (Å²) in [7, 11) is 0. The van der Waals surface area contributed by atoms with E-state index in [1.807, 2.05) is 36.4 Å². The van der Waals surface area contributed by atoms with Gasteiger partial charge in [0.1, 0.15) is 11.5 Å². The van der Waals surface area contributed by atoms with E-state index in [2.05, 4.69) is 10.5 Å². The predicted octanol–water partition coefficient (Wildman–Crippen LogP) is 3.88. The summed E-state index contributed by atoms with van der Waals surface area (Å²) in [6, 6.07) is 12.1. The Labute approximate surface area is 154 Å². The molecule has 2 aromatic rings. The van der Waals surface area contributed by atoms with Gasteiger partial charge in [0, 0.05) is 30.7 Å². The van der Waals surface area contributed by atoms with Crippen LogP contribution in [0.3, 0.4) is 0 Å². The molecule has 1 aromatic heterocycles. The summed E-state index contributed by atoms with van der Waals surface area (Å²) < 4.78 is 11.5. The van der Waals surface area contributed by atoms with Gasteiger partial charge in [-0.25, -0.2) is 0 Å². The lowest BCUT2D eigenvalue weighted by atomic mass is 9.90. The molecule has 2 heterocycles. The van der Waals surface area contributed by atoms with Gasteiger partial charge >= 0.3 is 0 Å². The number of hydrogen-bond donors (Lipinski definition) is 1. The van der Waals surface area contributed by atoms with E-state index in [-0.39, 0.29) is 11.9 Å². The second kappa shape index (κ2) is 7.62. The quantitative estimate of drug-likeness (QED) is 0.885. The normalized spacial score (nSPS) is 23.8. The third-order valence-electron chi connectivity index (χ3n) is 5.55. The third kappa shape index (κ3) is 3.68. The minimum atomic E-state index is -0.815. The fourth-order valence-electron chi connectivity index (χ4n) is 4.08. The van der Waals surface area contributed by atoms with E-state index in [4.69, 9.17) is 9.26 Å². The monoisotopic (exact) mass is 354 g/mol. The summed E-state index contributed by atoms with van der Waals surface area (Å²) in [6.45, 7) is 0.623. The zero-order valence-electron chi connectivity index (χ0n) is 15.1. The zero-order chi connectivity index (χ0) is 17.8. The molecule has 1 atom stereocenters. The maximum absolute atomic E-state index is 13.0. The van der Waals surface area contributed by atoms with Gasteiger partial charge in [0.2, 0.25) is 0 Å². The van der Waals surface area contributed by atoms with Gasteiger partial charge in [-0.15, -0.1) is 0 Å². The summed E-state index contributed by atoms with van der Waals surface area (Å²) in [5.41, 5.74) is 0.988. The number of ether oxygens (including phenoxy) is 1. The van der Waals surface area contributed by atoms with Crippen molar-refractivity contribution in [1.29, 1.82) is 0 Å². The van der Waals surface area contributed by atoms with Crippen LogP contribution >= 0.6 is 0 Å². The molecule has 2 aliphatic rings. The van der Waals surface area contributed by atoms with Crippen LogP contribution in [0, 0.1) is 0 Å². The predicted molar refractivity (Wildman–Crippen MR) is 98.6 cm³/mol. The lowest BCUT2D eigenvalue weighted by Crippen LogP contribution is -2.51. The second-order valence-electron chi connectivity index (χ2n) is 7.48. The Balaban J connectivity index is 1.48. The van der Waals surface area contributed by atoms with Crippen LogP contribution in [0.15, 0.2) is 40.9 Å². The van der Waals surface area contributed by atoms with Crippen molar-refractivity contribution in [1.82, 2.24) is 10.5 Å². The van der Waals surface area contributed by atoms with Crippen molar-refractivity contribution in [2.24, 2.45) is 0 Å². The average Bonchev–Trinajstić information content (AvgIpc) is 3.34. The van der Waals surface area contributed by atoms with Crippen LogP contribution in [0.2, 0.25) is 0 Å². The summed E-state index contributed by atoms with van der Waals surface area (Å²) in [5.74, 6) is 0.712. The molecule has 5 nitrogen and oxygen atoms in total. The van der Waals surface area contributed by atoms with Crippen LogP contribution in [-0.2, 0) is 16.0 Å². The van der Waals surface area contributed by atoms with Crippen molar-refractivity contribution >= 4 is 5.91 Å². The average molecular weight is 354 g/mol. The molecule has 1 amide bonds. The van der Waals surface area contributed by atoms with E-state index >= 15 is 0 Å². The Morgan fingerprint density at radius 2 is 1.96 bits per heavy atom. The number of carbonyl (C=O) groups is 1. The number of hydrogen-bond acceptors (Lipinski definition) is 4. The molecule has 138 valence electrons. The fourth-order valence-corrected chi connectivity index (χ4v) is 4.08. The van der Waals surface area contributed by atoms with Gasteiger partial charge in [0.15, 0.2) is 5.60 Å². The van der Waals surface area contributed by atoms with Gasteiger partial charge in [-0.3, -0.25) is 4.79 Å². The minimum absolute atomic E-state index is 0.0135. The molecular formula is C21H26N2O3. The van der Waals surface area contributed by atoms with E-state index in [1.54, 1.807) is 0 Å². The highest BCUT2D eigenvalue weighted by atomic mass is 16.5. The standard InChI is InChI=1S/C21H26N2O3/c24-20(22-17-10-5-2-6-11-17)21(12-7-13-25-21)15-18-14-19(23-26-18)16-8-3-1-4-9-16/h1,3-4,8-9,14,17H,2,5-7,10-13,15H2,(H,22,24). The third-order valence-corrected chi connectivity index (χ3v) is 5.55. The van der Waals surface area contributed by atoms with E-state index in [0.717, 1.165) is 36.9 Å². The molecule has 26 heavy (non-hydrogen) atoms. The maximum Gasteiger partial charge on any atom is 0.252 e. The Hall–Kier alpha value is -2.14. The van der Waals surface area contributed by atoms with Crippen molar-refractivity contribution in [3.63, 3.8) is 0 Å². The van der Waals surface area contributed by atoms with Crippen molar-refractivity contribution in [3.8, 4) is 11.3 Å². The SMILES string of the molecule is O=C(NC1CCCCC1)C1(Cc2cc(-c3ccccc3)no2)CCCO1. The Kier molecular flexibility index (Phi) is 5.07. The summed E-state index contributed by atoms with van der Waals surface area (Å²) in [5, 5.41) is 7.41. The summed E-state index contributed by atoms with van der Waals surface area (Å²) in [4.78, 5) is 13.0. The van der Waals surface area contributed by atoms with E-state index in [9.17, 15) is 4.79 Å². The number of benzene rings is 1. The molecule has 2 fully saturated rings. The Morgan fingerprint density at radius 1 is 1.15 bits per heavy atom. The first kappa shape index (κ1) is 17.3. The molecule has 1 aromatic carbocycles. The van der Waals surface area contributed by atoms with E-state index in [1.165, 1.54) is 19.3 Å². The number of nitrogens with one attached hydrogen (secondary N) is 1. The lowest BCUT2D eigenvalue weighted by molar-refractivity contribution is -0.142. The Bertz CT molecular complexity index is 729. The van der Waals surface area contributed by atoms with Crippen molar-refractivity contribution < 1.29 is 14.1 Å². The summed E-state index contributed by atoms with van der Waals surface area (Å²) >= 11 is 0. The highest BCUT2D eigenvalue weighted by molar-refractivity contribution is 5.86. The fraction of sp³-hybridized carbons (Fsp3) is 0.524. The van der Waals surface area contributed by atoms with Gasteiger partial charge in [0.05, 0.1) is 0 Å². The van der Waals surface area contributed by atoms with E-state index in [0.29, 0.717) is 18.8 Å². The zero-order valence-corrected chi connectivity index (χ0v) is 15.1. The van der Waals surface area contributed by atoms with Gasteiger partial charge in [-0.1, -0.05) is 54.8 Å². The molecular weight excluding hydrogens is 328 g/mol. The maximum atomic E-state index is 13.0. The van der Waals surface area contributed by atoms with Crippen LogP contribution in [-0.4, -0.2) is 29.3 Å². The van der Waals surface area contributed by atoms with Gasteiger partial charge in [-0.05, 0) is 25.7 Å². The largest absolute Gasteiger partial charge is 0.365 e. The summed E-state index contributed by atoms with van der Waals surface area (Å²) in [6.07, 6.45) is 7.87. The molecule has 1 aliphatic heterocycles. The molecule has 1 aliphatic carbocycles. The second-order valence-corrected chi connectivity index (χ2v) is 7.48. The molecule has 0 bridgehead atoms. The molecule has 4 rings (SSSR count). The molecule has 0 spiro atoms. The van der Waals surface area contributed by atoms with Crippen LogP contribution in [0.4, 0.5) is 0 Å². The molecule has 1 saturated carbocycles. The highest BCUT2D eigenvalue weighted by Crippen LogP contribution is 2.32. The topological polar surface area (TPSA) is 64.4 Å². The molecule has 1 N–H and O–H groups in total. The first-order valence-electron chi connectivity index (χ1n) is 9.71. The van der Waals surface area contributed by atoms with E-state index < -0.39 is 5.60 Å². The Morgan fingerprint density at radius 3 is 2.69 bits per heavy atom. The molecule has 5 heteroatoms. The number of amides is 1. The molecule has 1 unspecified atom stereocenters. The van der Waals surface area contributed by atoms with Crippen LogP contribution in [0.5, 0.6) is 0 Å². The van der Waals surface area contributed by atoms with Crippen molar-refractivity contribution in [2.75, 3.05) is 6.61 Å². The number of carbonyl (C=O) groups excluding carboxylic acids is 1. The van der Waals surface area contributed by atoms with Gasteiger partial charge < -0.3 is 14.6 Å².